The number of aromatic nitrogens is 1. The second-order valence-electron chi connectivity index (χ2n) is 5.72. The minimum Gasteiger partial charge on any atom is -0.465 e. The Balaban J connectivity index is 1.66. The number of rotatable bonds is 7. The van der Waals surface area contributed by atoms with Crippen molar-refractivity contribution in [1.82, 2.24) is 4.98 Å². The van der Waals surface area contributed by atoms with Gasteiger partial charge >= 0.3 is 11.7 Å². The summed E-state index contributed by atoms with van der Waals surface area (Å²) in [5.41, 5.74) is 0.741. The Kier molecular flexibility index (Phi) is 5.46. The van der Waals surface area contributed by atoms with Crippen molar-refractivity contribution in [2.45, 2.75) is 0 Å². The highest BCUT2D eigenvalue weighted by molar-refractivity contribution is 5.93. The van der Waals surface area contributed by atoms with Gasteiger partial charge in [-0.1, -0.05) is 36.4 Å². The van der Waals surface area contributed by atoms with E-state index < -0.39 is 10.9 Å². The Hall–Kier alpha value is -3.68. The first-order valence-corrected chi connectivity index (χ1v) is 8.28. The lowest BCUT2D eigenvalue weighted by Crippen LogP contribution is -2.16. The molecule has 1 heterocycles. The van der Waals surface area contributed by atoms with E-state index in [1.54, 1.807) is 0 Å². The molecule has 0 saturated heterocycles. The van der Waals surface area contributed by atoms with E-state index >= 15 is 0 Å². The van der Waals surface area contributed by atoms with Gasteiger partial charge in [0.1, 0.15) is 0 Å². The minimum absolute atomic E-state index is 0.0311. The molecule has 138 valence electrons. The fourth-order valence-electron chi connectivity index (χ4n) is 2.72. The standard InChI is InChI=1S/C19H18N4O4/c1-27-19(24)14-11-17(23(25)26)18(22-12-14)21-10-9-20-16-8-4-6-13-5-2-3-7-15(13)16/h2-8,11-12,20H,9-10H2,1H3,(H,21,22). The number of nitrogens with zero attached hydrogens (tertiary/aromatic N) is 2. The van der Waals surface area contributed by atoms with Crippen LogP contribution in [0.25, 0.3) is 10.8 Å². The van der Waals surface area contributed by atoms with Gasteiger partial charge in [0.05, 0.1) is 17.6 Å². The molecule has 0 aliphatic rings. The number of fused-ring (bicyclic) bond motifs is 1. The number of nitrogens with one attached hydrogen (secondary N) is 2. The van der Waals surface area contributed by atoms with E-state index in [-0.39, 0.29) is 17.1 Å². The van der Waals surface area contributed by atoms with Crippen molar-refractivity contribution in [3.8, 4) is 0 Å². The second-order valence-corrected chi connectivity index (χ2v) is 5.72. The third-order valence-corrected chi connectivity index (χ3v) is 4.01. The Bertz CT molecular complexity index is 985. The first-order valence-electron chi connectivity index (χ1n) is 8.28. The summed E-state index contributed by atoms with van der Waals surface area (Å²) in [5, 5.41) is 19.7. The predicted octanol–water partition coefficient (Wildman–Crippen LogP) is 3.45. The molecule has 0 atom stereocenters. The molecular formula is C19H18N4O4. The van der Waals surface area contributed by atoms with Crippen LogP contribution < -0.4 is 10.6 Å². The lowest BCUT2D eigenvalue weighted by Gasteiger charge is -2.11. The molecule has 3 aromatic rings. The van der Waals surface area contributed by atoms with E-state index in [0.29, 0.717) is 13.1 Å². The number of nitro groups is 1. The Morgan fingerprint density at radius 2 is 1.89 bits per heavy atom. The number of benzene rings is 2. The van der Waals surface area contributed by atoms with Gasteiger partial charge in [-0.15, -0.1) is 0 Å². The molecule has 1 aromatic heterocycles. The van der Waals surface area contributed by atoms with E-state index in [1.807, 2.05) is 42.5 Å². The van der Waals surface area contributed by atoms with Crippen molar-refractivity contribution in [2.75, 3.05) is 30.8 Å². The van der Waals surface area contributed by atoms with Crippen molar-refractivity contribution in [3.63, 3.8) is 0 Å². The molecule has 2 N–H and O–H groups in total. The molecule has 0 aliphatic heterocycles. The molecule has 0 unspecified atom stereocenters. The molecule has 0 saturated carbocycles. The van der Waals surface area contributed by atoms with Crippen molar-refractivity contribution in [2.24, 2.45) is 0 Å². The van der Waals surface area contributed by atoms with Crippen LogP contribution in [-0.2, 0) is 4.74 Å². The summed E-state index contributed by atoms with van der Waals surface area (Å²) in [4.78, 5) is 26.2. The summed E-state index contributed by atoms with van der Waals surface area (Å²) in [6, 6.07) is 15.2. The summed E-state index contributed by atoms with van der Waals surface area (Å²) < 4.78 is 4.56. The maximum atomic E-state index is 11.5. The van der Waals surface area contributed by atoms with Crippen LogP contribution in [0.5, 0.6) is 0 Å². The van der Waals surface area contributed by atoms with Gasteiger partial charge in [-0.05, 0) is 11.5 Å². The monoisotopic (exact) mass is 366 g/mol. The van der Waals surface area contributed by atoms with Crippen LogP contribution in [0.4, 0.5) is 17.2 Å². The number of hydrogen-bond acceptors (Lipinski definition) is 7. The van der Waals surface area contributed by atoms with E-state index in [9.17, 15) is 14.9 Å². The summed E-state index contributed by atoms with van der Waals surface area (Å²) in [7, 11) is 1.21. The Labute approximate surface area is 155 Å². The van der Waals surface area contributed by atoms with Crippen LogP contribution in [-0.4, -0.2) is 36.1 Å². The number of methoxy groups -OCH3 is 1. The van der Waals surface area contributed by atoms with Crippen molar-refractivity contribution >= 4 is 33.9 Å². The van der Waals surface area contributed by atoms with Gasteiger partial charge < -0.3 is 15.4 Å². The van der Waals surface area contributed by atoms with Crippen LogP contribution in [0.3, 0.4) is 0 Å². The number of anilines is 2. The largest absolute Gasteiger partial charge is 0.465 e. The van der Waals surface area contributed by atoms with E-state index in [2.05, 4.69) is 20.4 Å². The van der Waals surface area contributed by atoms with Gasteiger partial charge in [0, 0.05) is 36.4 Å². The van der Waals surface area contributed by atoms with Gasteiger partial charge in [-0.2, -0.15) is 0 Å². The highest BCUT2D eigenvalue weighted by Gasteiger charge is 2.19. The zero-order chi connectivity index (χ0) is 19.2. The number of esters is 1. The summed E-state index contributed by atoms with van der Waals surface area (Å²) in [6.45, 7) is 0.945. The van der Waals surface area contributed by atoms with Gasteiger partial charge in [0.25, 0.3) is 0 Å². The van der Waals surface area contributed by atoms with Gasteiger partial charge in [-0.25, -0.2) is 9.78 Å². The zero-order valence-electron chi connectivity index (χ0n) is 14.6. The van der Waals surface area contributed by atoms with Crippen LogP contribution in [0, 0.1) is 10.1 Å². The maximum Gasteiger partial charge on any atom is 0.339 e. The molecule has 2 aromatic carbocycles. The van der Waals surface area contributed by atoms with Crippen molar-refractivity contribution in [3.05, 3.63) is 70.4 Å². The number of pyridine rings is 1. The maximum absolute atomic E-state index is 11.5. The fourth-order valence-corrected chi connectivity index (χ4v) is 2.72. The van der Waals surface area contributed by atoms with Gasteiger partial charge in [0.2, 0.25) is 5.82 Å². The highest BCUT2D eigenvalue weighted by atomic mass is 16.6. The molecule has 0 amide bonds. The normalized spacial score (nSPS) is 10.4. The topological polar surface area (TPSA) is 106 Å². The Morgan fingerprint density at radius 1 is 1.15 bits per heavy atom. The van der Waals surface area contributed by atoms with Gasteiger partial charge in [0.15, 0.2) is 0 Å². The van der Waals surface area contributed by atoms with Crippen LogP contribution in [0.1, 0.15) is 10.4 Å². The molecule has 3 rings (SSSR count). The molecule has 0 radical (unpaired) electrons. The molecule has 0 bridgehead atoms. The zero-order valence-corrected chi connectivity index (χ0v) is 14.6. The molecule has 8 heteroatoms. The lowest BCUT2D eigenvalue weighted by atomic mass is 10.1. The average molecular weight is 366 g/mol. The van der Waals surface area contributed by atoms with Crippen molar-refractivity contribution in [1.29, 1.82) is 0 Å². The Morgan fingerprint density at radius 3 is 2.67 bits per heavy atom. The van der Waals surface area contributed by atoms with Crippen LogP contribution in [0.2, 0.25) is 0 Å². The SMILES string of the molecule is COC(=O)c1cnc(NCCNc2cccc3ccccc23)c([N+](=O)[O-])c1. The molecule has 8 nitrogen and oxygen atoms in total. The molecule has 0 aliphatic carbocycles. The molecular weight excluding hydrogens is 348 g/mol. The smallest absolute Gasteiger partial charge is 0.339 e. The van der Waals surface area contributed by atoms with Crippen molar-refractivity contribution < 1.29 is 14.5 Å². The van der Waals surface area contributed by atoms with Gasteiger partial charge in [-0.3, -0.25) is 10.1 Å². The first-order chi connectivity index (χ1) is 13.1. The second kappa shape index (κ2) is 8.13. The van der Waals surface area contributed by atoms with Crippen LogP contribution >= 0.6 is 0 Å². The van der Waals surface area contributed by atoms with E-state index in [4.69, 9.17) is 0 Å². The third kappa shape index (κ3) is 4.12. The number of ether oxygens (including phenoxy) is 1. The minimum atomic E-state index is -0.672. The quantitative estimate of drug-likeness (QED) is 0.285. The number of carbonyl (C=O) groups excluding carboxylic acids is 1. The number of carbonyl (C=O) groups is 1. The third-order valence-electron chi connectivity index (χ3n) is 4.01. The summed E-state index contributed by atoms with van der Waals surface area (Å²) >= 11 is 0. The predicted molar refractivity (Wildman–Crippen MR) is 103 cm³/mol. The molecule has 0 spiro atoms. The number of hydrogen-bond donors (Lipinski definition) is 2. The lowest BCUT2D eigenvalue weighted by molar-refractivity contribution is -0.384. The van der Waals surface area contributed by atoms with E-state index in [1.165, 1.54) is 13.3 Å². The molecule has 0 fully saturated rings. The fraction of sp³-hybridized carbons (Fsp3) is 0.158. The highest BCUT2D eigenvalue weighted by Crippen LogP contribution is 2.24. The average Bonchev–Trinajstić information content (AvgIpc) is 2.70. The first kappa shape index (κ1) is 18.1. The van der Waals surface area contributed by atoms with Crippen LogP contribution in [0.15, 0.2) is 54.7 Å². The van der Waals surface area contributed by atoms with E-state index in [0.717, 1.165) is 22.5 Å². The summed E-state index contributed by atoms with van der Waals surface area (Å²) in [6.07, 6.45) is 1.25. The molecule has 27 heavy (non-hydrogen) atoms. The summed E-state index contributed by atoms with van der Waals surface area (Å²) in [5.74, 6) is -0.567.